The molecule has 0 nitrogen and oxygen atoms in total. The summed E-state index contributed by atoms with van der Waals surface area (Å²) >= 11 is 0. The number of halogens is 1. The Morgan fingerprint density at radius 2 is 1.90 bits per heavy atom. The number of rotatable bonds is 0. The van der Waals surface area contributed by atoms with Crippen molar-refractivity contribution in [2.75, 3.05) is 0 Å². The minimum absolute atomic E-state index is 0.698. The van der Waals surface area contributed by atoms with Crippen molar-refractivity contribution in [1.82, 2.24) is 0 Å². The largest absolute Gasteiger partial charge is 0.244 e. The van der Waals surface area contributed by atoms with E-state index in [4.69, 9.17) is 0 Å². The van der Waals surface area contributed by atoms with E-state index in [-0.39, 0.29) is 0 Å². The van der Waals surface area contributed by atoms with Gasteiger partial charge in [-0.1, -0.05) is 12.2 Å². The zero-order valence-corrected chi connectivity index (χ0v) is 6.57. The van der Waals surface area contributed by atoms with Gasteiger partial charge in [0.1, 0.15) is 5.67 Å². The minimum atomic E-state index is -0.898. The van der Waals surface area contributed by atoms with Crippen LogP contribution in [0.25, 0.3) is 0 Å². The monoisotopic (exact) mass is 142 g/mol. The van der Waals surface area contributed by atoms with E-state index in [0.717, 1.165) is 25.7 Å². The third-order valence-corrected chi connectivity index (χ3v) is 2.07. The Hall–Kier alpha value is -0.330. The van der Waals surface area contributed by atoms with Crippen molar-refractivity contribution in [3.8, 4) is 0 Å². The fourth-order valence-corrected chi connectivity index (χ4v) is 1.33. The van der Waals surface area contributed by atoms with Crippen LogP contribution in [0.5, 0.6) is 0 Å². The van der Waals surface area contributed by atoms with Crippen molar-refractivity contribution in [3.05, 3.63) is 12.2 Å². The van der Waals surface area contributed by atoms with Crippen molar-refractivity contribution in [1.29, 1.82) is 0 Å². The molecule has 10 heavy (non-hydrogen) atoms. The van der Waals surface area contributed by atoms with E-state index in [9.17, 15) is 4.39 Å². The summed E-state index contributed by atoms with van der Waals surface area (Å²) in [5.74, 6) is 0. The van der Waals surface area contributed by atoms with E-state index in [1.54, 1.807) is 6.92 Å². The van der Waals surface area contributed by atoms with Crippen LogP contribution in [0.4, 0.5) is 4.39 Å². The summed E-state index contributed by atoms with van der Waals surface area (Å²) < 4.78 is 13.3. The summed E-state index contributed by atoms with van der Waals surface area (Å²) in [6, 6.07) is 0. The molecular weight excluding hydrogens is 127 g/mol. The Morgan fingerprint density at radius 1 is 1.20 bits per heavy atom. The van der Waals surface area contributed by atoms with Crippen molar-refractivity contribution < 1.29 is 4.39 Å². The summed E-state index contributed by atoms with van der Waals surface area (Å²) in [7, 11) is 0. The molecule has 1 rings (SSSR count). The Morgan fingerprint density at radius 3 is 2.70 bits per heavy atom. The van der Waals surface area contributed by atoms with Crippen molar-refractivity contribution in [2.24, 2.45) is 0 Å². The van der Waals surface area contributed by atoms with Gasteiger partial charge in [-0.2, -0.15) is 0 Å². The highest BCUT2D eigenvalue weighted by Crippen LogP contribution is 2.26. The average Bonchev–Trinajstić information content (AvgIpc) is 1.81. The first-order valence-corrected chi connectivity index (χ1v) is 4.05. The van der Waals surface area contributed by atoms with Gasteiger partial charge in [0.2, 0.25) is 0 Å². The first-order chi connectivity index (χ1) is 4.71. The van der Waals surface area contributed by atoms with Crippen LogP contribution in [0, 0.1) is 0 Å². The molecule has 0 aromatic rings. The van der Waals surface area contributed by atoms with Gasteiger partial charge in [-0.15, -0.1) is 0 Å². The first kappa shape index (κ1) is 7.77. The van der Waals surface area contributed by atoms with Crippen LogP contribution >= 0.6 is 0 Å². The zero-order valence-electron chi connectivity index (χ0n) is 6.57. The first-order valence-electron chi connectivity index (χ1n) is 4.05. The second-order valence-corrected chi connectivity index (χ2v) is 3.32. The summed E-state index contributed by atoms with van der Waals surface area (Å²) in [5, 5.41) is 0. The molecule has 0 amide bonds. The molecule has 1 heteroatoms. The lowest BCUT2D eigenvalue weighted by Crippen LogP contribution is -2.17. The number of hydrogen-bond acceptors (Lipinski definition) is 0. The van der Waals surface area contributed by atoms with Gasteiger partial charge < -0.3 is 0 Å². The second-order valence-electron chi connectivity index (χ2n) is 3.32. The van der Waals surface area contributed by atoms with Crippen LogP contribution in [-0.4, -0.2) is 5.67 Å². The molecule has 0 N–H and O–H groups in total. The van der Waals surface area contributed by atoms with E-state index >= 15 is 0 Å². The molecule has 0 aromatic heterocycles. The number of alkyl halides is 1. The van der Waals surface area contributed by atoms with E-state index in [2.05, 4.69) is 12.2 Å². The van der Waals surface area contributed by atoms with E-state index in [1.807, 2.05) is 0 Å². The molecule has 0 radical (unpaired) electrons. The van der Waals surface area contributed by atoms with Gasteiger partial charge in [-0.25, -0.2) is 4.39 Å². The number of hydrogen-bond donors (Lipinski definition) is 0. The normalized spacial score (nSPS) is 35.0. The molecule has 58 valence electrons. The third kappa shape index (κ3) is 2.51. The molecule has 1 atom stereocenters. The lowest BCUT2D eigenvalue weighted by molar-refractivity contribution is 0.158. The van der Waals surface area contributed by atoms with Crippen molar-refractivity contribution in [2.45, 2.75) is 44.7 Å². The summed E-state index contributed by atoms with van der Waals surface area (Å²) in [6.45, 7) is 1.71. The number of allylic oxidation sites excluding steroid dienone is 2. The molecule has 1 unspecified atom stereocenters. The lowest BCUT2D eigenvalue weighted by Gasteiger charge is -2.20. The zero-order chi connectivity index (χ0) is 7.45. The maximum absolute atomic E-state index is 13.3. The highest BCUT2D eigenvalue weighted by Gasteiger charge is 2.21. The summed E-state index contributed by atoms with van der Waals surface area (Å²) in [6.07, 6.45) is 8.66. The molecule has 0 aliphatic heterocycles. The van der Waals surface area contributed by atoms with Gasteiger partial charge in [-0.3, -0.25) is 0 Å². The topological polar surface area (TPSA) is 0 Å². The van der Waals surface area contributed by atoms with Gasteiger partial charge in [0.15, 0.2) is 0 Å². The SMILES string of the molecule is CC1(F)CCC=CCCC1. The van der Waals surface area contributed by atoms with Gasteiger partial charge in [0, 0.05) is 0 Å². The van der Waals surface area contributed by atoms with E-state index in [1.165, 1.54) is 0 Å². The van der Waals surface area contributed by atoms with Crippen molar-refractivity contribution in [3.63, 3.8) is 0 Å². The smallest absolute Gasteiger partial charge is 0.108 e. The molecule has 1 aliphatic rings. The fourth-order valence-electron chi connectivity index (χ4n) is 1.33. The van der Waals surface area contributed by atoms with Crippen LogP contribution in [-0.2, 0) is 0 Å². The van der Waals surface area contributed by atoms with E-state index in [0.29, 0.717) is 6.42 Å². The highest BCUT2D eigenvalue weighted by atomic mass is 19.1. The maximum atomic E-state index is 13.3. The van der Waals surface area contributed by atoms with Gasteiger partial charge in [-0.05, 0) is 39.0 Å². The third-order valence-electron chi connectivity index (χ3n) is 2.07. The second kappa shape index (κ2) is 3.18. The molecule has 0 bridgehead atoms. The Labute approximate surface area is 62.1 Å². The maximum Gasteiger partial charge on any atom is 0.108 e. The van der Waals surface area contributed by atoms with Crippen molar-refractivity contribution >= 4 is 0 Å². The molecule has 1 aliphatic carbocycles. The quantitative estimate of drug-likeness (QED) is 0.455. The predicted molar refractivity (Wildman–Crippen MR) is 41.7 cm³/mol. The average molecular weight is 142 g/mol. The molecule has 0 saturated heterocycles. The molecule has 0 heterocycles. The Balaban J connectivity index is 2.43. The molecule has 0 fully saturated rings. The van der Waals surface area contributed by atoms with E-state index < -0.39 is 5.67 Å². The van der Waals surface area contributed by atoms with Crippen LogP contribution in [0.2, 0.25) is 0 Å². The van der Waals surface area contributed by atoms with Gasteiger partial charge >= 0.3 is 0 Å². The van der Waals surface area contributed by atoms with Gasteiger partial charge in [0.05, 0.1) is 0 Å². The molecule has 0 spiro atoms. The lowest BCUT2D eigenvalue weighted by atomic mass is 9.93. The Bertz CT molecular complexity index is 125. The molecular formula is C9H15F. The fraction of sp³-hybridized carbons (Fsp3) is 0.778. The van der Waals surface area contributed by atoms with Crippen LogP contribution in [0.15, 0.2) is 12.2 Å². The predicted octanol–water partition coefficient (Wildman–Crippen LogP) is 3.23. The minimum Gasteiger partial charge on any atom is -0.244 e. The summed E-state index contributed by atoms with van der Waals surface area (Å²) in [4.78, 5) is 0. The molecule has 0 saturated carbocycles. The van der Waals surface area contributed by atoms with Gasteiger partial charge in [0.25, 0.3) is 0 Å². The Kier molecular flexibility index (Phi) is 2.47. The standard InChI is InChI=1S/C9H15F/c1-9(10)7-5-3-2-4-6-8-9/h2-3H,4-8H2,1H3. The van der Waals surface area contributed by atoms with Crippen LogP contribution in [0.1, 0.15) is 39.0 Å². The molecule has 0 aromatic carbocycles. The summed E-state index contributed by atoms with van der Waals surface area (Å²) in [5.41, 5.74) is -0.898. The highest BCUT2D eigenvalue weighted by molar-refractivity contribution is 4.88. The van der Waals surface area contributed by atoms with Crippen LogP contribution < -0.4 is 0 Å². The van der Waals surface area contributed by atoms with Crippen LogP contribution in [0.3, 0.4) is 0 Å².